The van der Waals surface area contributed by atoms with E-state index in [0.29, 0.717) is 6.04 Å². The average molecular weight is 281 g/mol. The van der Waals surface area contributed by atoms with Gasteiger partial charge in [-0.3, -0.25) is 4.98 Å². The molecular weight excluding hydrogens is 258 g/mol. The summed E-state index contributed by atoms with van der Waals surface area (Å²) >= 11 is 0. The van der Waals surface area contributed by atoms with E-state index in [1.165, 1.54) is 30.4 Å². The number of aryl methyl sites for hydroxylation is 1. The molecule has 1 aliphatic rings. The second-order valence-corrected chi connectivity index (χ2v) is 5.68. The predicted molar refractivity (Wildman–Crippen MR) is 87.6 cm³/mol. The van der Waals surface area contributed by atoms with Gasteiger partial charge in [0.2, 0.25) is 0 Å². The molecule has 0 spiro atoms. The van der Waals surface area contributed by atoms with Crippen LogP contribution in [0.5, 0.6) is 0 Å². The van der Waals surface area contributed by atoms with Gasteiger partial charge in [-0.2, -0.15) is 0 Å². The minimum Gasteiger partial charge on any atom is -0.384 e. The molecule has 3 rings (SSSR count). The number of hydrogen-bond acceptors (Lipinski definition) is 3. The smallest absolute Gasteiger partial charge is 0.0526 e. The van der Waals surface area contributed by atoms with Crippen molar-refractivity contribution in [2.24, 2.45) is 0 Å². The quantitative estimate of drug-likeness (QED) is 0.799. The van der Waals surface area contributed by atoms with Gasteiger partial charge >= 0.3 is 0 Å². The first kappa shape index (κ1) is 14.1. The Bertz CT molecular complexity index is 553. The average Bonchev–Trinajstić information content (AvgIpc) is 2.55. The maximum absolute atomic E-state index is 4.10. The van der Waals surface area contributed by atoms with Gasteiger partial charge in [-0.1, -0.05) is 24.3 Å². The maximum atomic E-state index is 4.10. The topological polar surface area (TPSA) is 37.0 Å². The van der Waals surface area contributed by atoms with Crippen molar-refractivity contribution in [2.75, 3.05) is 18.4 Å². The standard InChI is InChI=1S/C18H23N3/c1-2-6-16-13-17(9-8-15(16)5-1)20-11-4-12-21-18-7-3-10-19-14-18/h1-3,5-7,10,14,17,20-21H,4,8-9,11-13H2. The van der Waals surface area contributed by atoms with Crippen LogP contribution in [0.2, 0.25) is 0 Å². The summed E-state index contributed by atoms with van der Waals surface area (Å²) in [5.74, 6) is 0. The highest BCUT2D eigenvalue weighted by Gasteiger charge is 2.16. The monoisotopic (exact) mass is 281 g/mol. The summed E-state index contributed by atoms with van der Waals surface area (Å²) in [5.41, 5.74) is 4.16. The zero-order chi connectivity index (χ0) is 14.3. The highest BCUT2D eigenvalue weighted by molar-refractivity contribution is 5.39. The number of pyridine rings is 1. The van der Waals surface area contributed by atoms with Crippen molar-refractivity contribution < 1.29 is 0 Å². The fourth-order valence-electron chi connectivity index (χ4n) is 2.97. The number of benzene rings is 1. The van der Waals surface area contributed by atoms with Crippen molar-refractivity contribution >= 4 is 5.69 Å². The first-order valence-electron chi connectivity index (χ1n) is 7.86. The van der Waals surface area contributed by atoms with E-state index in [1.54, 1.807) is 6.20 Å². The highest BCUT2D eigenvalue weighted by atomic mass is 14.9. The first-order chi connectivity index (χ1) is 10.4. The van der Waals surface area contributed by atoms with Crippen LogP contribution in [-0.4, -0.2) is 24.1 Å². The van der Waals surface area contributed by atoms with Crippen molar-refractivity contribution in [3.8, 4) is 0 Å². The fourth-order valence-corrected chi connectivity index (χ4v) is 2.97. The van der Waals surface area contributed by atoms with Crippen LogP contribution in [0.3, 0.4) is 0 Å². The molecule has 0 aliphatic heterocycles. The predicted octanol–water partition coefficient (Wildman–Crippen LogP) is 3.03. The number of aromatic nitrogens is 1. The van der Waals surface area contributed by atoms with E-state index in [9.17, 15) is 0 Å². The van der Waals surface area contributed by atoms with Crippen LogP contribution in [0, 0.1) is 0 Å². The van der Waals surface area contributed by atoms with Gasteiger partial charge in [-0.25, -0.2) is 0 Å². The molecule has 1 aromatic carbocycles. The summed E-state index contributed by atoms with van der Waals surface area (Å²) in [4.78, 5) is 4.10. The lowest BCUT2D eigenvalue weighted by Crippen LogP contribution is -2.35. The Morgan fingerprint density at radius 1 is 1.05 bits per heavy atom. The van der Waals surface area contributed by atoms with Gasteiger partial charge < -0.3 is 10.6 Å². The number of nitrogens with one attached hydrogen (secondary N) is 2. The van der Waals surface area contributed by atoms with E-state index in [2.05, 4.69) is 45.9 Å². The Balaban J connectivity index is 1.35. The van der Waals surface area contributed by atoms with E-state index >= 15 is 0 Å². The third-order valence-electron chi connectivity index (χ3n) is 4.12. The minimum atomic E-state index is 0.637. The molecule has 1 aliphatic carbocycles. The molecule has 1 atom stereocenters. The number of hydrogen-bond donors (Lipinski definition) is 2. The van der Waals surface area contributed by atoms with E-state index in [4.69, 9.17) is 0 Å². The van der Waals surface area contributed by atoms with Gasteiger partial charge in [0.1, 0.15) is 0 Å². The highest BCUT2D eigenvalue weighted by Crippen LogP contribution is 2.20. The summed E-state index contributed by atoms with van der Waals surface area (Å²) in [7, 11) is 0. The summed E-state index contributed by atoms with van der Waals surface area (Å²) in [5, 5.41) is 7.09. The summed E-state index contributed by atoms with van der Waals surface area (Å²) in [6.07, 6.45) is 8.44. The second kappa shape index (κ2) is 7.23. The van der Waals surface area contributed by atoms with Crippen molar-refractivity contribution in [1.29, 1.82) is 0 Å². The molecule has 1 unspecified atom stereocenters. The molecule has 3 heteroatoms. The Labute approximate surface area is 126 Å². The van der Waals surface area contributed by atoms with Crippen molar-refractivity contribution in [1.82, 2.24) is 10.3 Å². The number of fused-ring (bicyclic) bond motifs is 1. The van der Waals surface area contributed by atoms with Crippen LogP contribution in [0.1, 0.15) is 24.0 Å². The molecule has 0 saturated heterocycles. The van der Waals surface area contributed by atoms with E-state index < -0.39 is 0 Å². The molecule has 0 amide bonds. The van der Waals surface area contributed by atoms with E-state index in [0.717, 1.165) is 25.2 Å². The van der Waals surface area contributed by atoms with Gasteiger partial charge in [-0.05, 0) is 55.5 Å². The lowest BCUT2D eigenvalue weighted by molar-refractivity contribution is 0.457. The maximum Gasteiger partial charge on any atom is 0.0526 e. The van der Waals surface area contributed by atoms with Crippen molar-refractivity contribution in [2.45, 2.75) is 31.7 Å². The van der Waals surface area contributed by atoms with Gasteiger partial charge in [0, 0.05) is 25.0 Å². The molecule has 110 valence electrons. The minimum absolute atomic E-state index is 0.637. The molecule has 2 N–H and O–H groups in total. The normalized spacial score (nSPS) is 17.2. The van der Waals surface area contributed by atoms with E-state index in [1.807, 2.05) is 12.3 Å². The van der Waals surface area contributed by atoms with Gasteiger partial charge in [0.05, 0.1) is 5.69 Å². The third kappa shape index (κ3) is 4.05. The molecule has 1 heterocycles. The van der Waals surface area contributed by atoms with Crippen molar-refractivity contribution in [3.05, 3.63) is 59.9 Å². The summed E-state index contributed by atoms with van der Waals surface area (Å²) < 4.78 is 0. The first-order valence-corrected chi connectivity index (χ1v) is 7.86. The molecule has 0 radical (unpaired) electrons. The number of anilines is 1. The van der Waals surface area contributed by atoms with Crippen LogP contribution in [0.4, 0.5) is 5.69 Å². The molecule has 21 heavy (non-hydrogen) atoms. The Hall–Kier alpha value is -1.87. The lowest BCUT2D eigenvalue weighted by atomic mass is 9.88. The van der Waals surface area contributed by atoms with Crippen LogP contribution < -0.4 is 10.6 Å². The molecule has 1 aromatic heterocycles. The molecule has 0 bridgehead atoms. The van der Waals surface area contributed by atoms with Crippen LogP contribution >= 0.6 is 0 Å². The number of rotatable bonds is 6. The van der Waals surface area contributed by atoms with Crippen LogP contribution in [0.25, 0.3) is 0 Å². The van der Waals surface area contributed by atoms with Crippen LogP contribution in [-0.2, 0) is 12.8 Å². The summed E-state index contributed by atoms with van der Waals surface area (Å²) in [6.45, 7) is 2.06. The largest absolute Gasteiger partial charge is 0.384 e. The van der Waals surface area contributed by atoms with Crippen LogP contribution in [0.15, 0.2) is 48.8 Å². The van der Waals surface area contributed by atoms with E-state index in [-0.39, 0.29) is 0 Å². The Morgan fingerprint density at radius 2 is 1.95 bits per heavy atom. The molecule has 0 fully saturated rings. The molecule has 0 saturated carbocycles. The molecule has 2 aromatic rings. The third-order valence-corrected chi connectivity index (χ3v) is 4.12. The van der Waals surface area contributed by atoms with Gasteiger partial charge in [0.25, 0.3) is 0 Å². The zero-order valence-electron chi connectivity index (χ0n) is 12.4. The fraction of sp³-hybridized carbons (Fsp3) is 0.389. The SMILES string of the molecule is c1cncc(NCCCNC2CCc3ccccc3C2)c1. The van der Waals surface area contributed by atoms with Gasteiger partial charge in [-0.15, -0.1) is 0 Å². The Morgan fingerprint density at radius 3 is 2.81 bits per heavy atom. The zero-order valence-corrected chi connectivity index (χ0v) is 12.4. The second-order valence-electron chi connectivity index (χ2n) is 5.68. The van der Waals surface area contributed by atoms with Crippen molar-refractivity contribution in [3.63, 3.8) is 0 Å². The summed E-state index contributed by atoms with van der Waals surface area (Å²) in [6, 6.07) is 13.5. The molecule has 3 nitrogen and oxygen atoms in total. The number of nitrogens with zero attached hydrogens (tertiary/aromatic N) is 1. The lowest BCUT2D eigenvalue weighted by Gasteiger charge is -2.25. The molecular formula is C18H23N3. The Kier molecular flexibility index (Phi) is 4.85. The van der Waals surface area contributed by atoms with Gasteiger partial charge in [0.15, 0.2) is 0 Å².